The Kier molecular flexibility index (Phi) is 3.75. The summed E-state index contributed by atoms with van der Waals surface area (Å²) < 4.78 is 5.67. The first-order valence-corrected chi connectivity index (χ1v) is 5.00. The van der Waals surface area contributed by atoms with E-state index in [0.29, 0.717) is 6.61 Å². The van der Waals surface area contributed by atoms with E-state index in [2.05, 4.69) is 45.5 Å². The van der Waals surface area contributed by atoms with Crippen LogP contribution in [0.5, 0.6) is 5.75 Å². The molecule has 0 amide bonds. The third kappa shape index (κ3) is 2.91. The summed E-state index contributed by atoms with van der Waals surface area (Å²) in [6, 6.07) is 6.24. The average molecular weight is 190 g/mol. The second-order valence-corrected chi connectivity index (χ2v) is 3.66. The lowest BCUT2D eigenvalue weighted by Crippen LogP contribution is -2.00. The fourth-order valence-electron chi connectivity index (χ4n) is 1.14. The molecule has 0 heterocycles. The van der Waals surface area contributed by atoms with E-state index in [0.717, 1.165) is 17.7 Å². The Morgan fingerprint density at radius 3 is 2.71 bits per heavy atom. The predicted octanol–water partition coefficient (Wildman–Crippen LogP) is 3.65. The molecule has 0 saturated heterocycles. The summed E-state index contributed by atoms with van der Waals surface area (Å²) >= 11 is 0. The Morgan fingerprint density at radius 2 is 2.07 bits per heavy atom. The number of benzene rings is 1. The lowest BCUT2D eigenvalue weighted by Gasteiger charge is -2.10. The molecule has 0 saturated carbocycles. The highest BCUT2D eigenvalue weighted by Gasteiger charge is 1.99. The predicted molar refractivity (Wildman–Crippen MR) is 60.8 cm³/mol. The summed E-state index contributed by atoms with van der Waals surface area (Å²) in [4.78, 5) is 0. The zero-order valence-electron chi connectivity index (χ0n) is 9.26. The fraction of sp³-hybridized carbons (Fsp3) is 0.385. The van der Waals surface area contributed by atoms with Gasteiger partial charge in [0, 0.05) is 0 Å². The summed E-state index contributed by atoms with van der Waals surface area (Å²) in [6.07, 6.45) is 0.977. The quantitative estimate of drug-likeness (QED) is 0.658. The molecule has 0 bridgehead atoms. The summed E-state index contributed by atoms with van der Waals surface area (Å²) in [5.41, 5.74) is 3.54. The number of aryl methyl sites for hydroxylation is 2. The summed E-state index contributed by atoms with van der Waals surface area (Å²) in [5, 5.41) is 0. The molecule has 1 aromatic rings. The molecule has 0 atom stereocenters. The molecule has 0 aliphatic rings. The van der Waals surface area contributed by atoms with E-state index in [1.807, 2.05) is 0 Å². The number of rotatable bonds is 4. The van der Waals surface area contributed by atoms with Gasteiger partial charge in [0.2, 0.25) is 0 Å². The van der Waals surface area contributed by atoms with Gasteiger partial charge in [-0.05, 0) is 43.0 Å². The minimum atomic E-state index is 0.626. The van der Waals surface area contributed by atoms with Gasteiger partial charge in [0.25, 0.3) is 0 Å². The van der Waals surface area contributed by atoms with Gasteiger partial charge < -0.3 is 4.74 Å². The maximum absolute atomic E-state index is 5.67. The number of ether oxygens (including phenoxy) is 1. The van der Waals surface area contributed by atoms with Gasteiger partial charge in [0.1, 0.15) is 12.4 Å². The molecule has 0 aliphatic heterocycles. The molecular formula is C13H18O. The second kappa shape index (κ2) is 4.85. The third-order valence-corrected chi connectivity index (χ3v) is 2.28. The molecule has 0 spiro atoms. The fourth-order valence-corrected chi connectivity index (χ4v) is 1.14. The molecule has 0 radical (unpaired) electrons. The number of hydrogen-bond acceptors (Lipinski definition) is 1. The van der Waals surface area contributed by atoms with E-state index in [1.165, 1.54) is 11.1 Å². The number of hydrogen-bond donors (Lipinski definition) is 0. The molecule has 0 aliphatic carbocycles. The van der Waals surface area contributed by atoms with Crippen molar-refractivity contribution in [2.75, 3.05) is 6.61 Å². The molecule has 0 aromatic heterocycles. The Bertz CT molecular complexity index is 326. The minimum Gasteiger partial charge on any atom is -0.489 e. The Balaban J connectivity index is 2.66. The van der Waals surface area contributed by atoms with Crippen LogP contribution >= 0.6 is 0 Å². The van der Waals surface area contributed by atoms with Gasteiger partial charge in [-0.1, -0.05) is 25.6 Å². The Hall–Kier alpha value is -1.24. The van der Waals surface area contributed by atoms with Crippen LogP contribution in [-0.2, 0) is 0 Å². The van der Waals surface area contributed by atoms with Crippen molar-refractivity contribution in [3.05, 3.63) is 41.5 Å². The van der Waals surface area contributed by atoms with Gasteiger partial charge in [0.05, 0.1) is 0 Å². The van der Waals surface area contributed by atoms with Crippen molar-refractivity contribution in [3.8, 4) is 5.75 Å². The van der Waals surface area contributed by atoms with Crippen molar-refractivity contribution in [2.24, 2.45) is 0 Å². The van der Waals surface area contributed by atoms with Crippen LogP contribution in [0.3, 0.4) is 0 Å². The van der Waals surface area contributed by atoms with Crippen LogP contribution in [0.4, 0.5) is 0 Å². The minimum absolute atomic E-state index is 0.626. The highest BCUT2D eigenvalue weighted by molar-refractivity contribution is 5.36. The largest absolute Gasteiger partial charge is 0.489 e. The van der Waals surface area contributed by atoms with Crippen molar-refractivity contribution in [2.45, 2.75) is 27.2 Å². The third-order valence-electron chi connectivity index (χ3n) is 2.28. The normalized spacial score (nSPS) is 9.93. The van der Waals surface area contributed by atoms with Crippen LogP contribution in [0.15, 0.2) is 30.4 Å². The summed E-state index contributed by atoms with van der Waals surface area (Å²) in [5.74, 6) is 0.972. The maximum Gasteiger partial charge on any atom is 0.122 e. The van der Waals surface area contributed by atoms with Crippen LogP contribution < -0.4 is 4.74 Å². The van der Waals surface area contributed by atoms with Gasteiger partial charge in [0.15, 0.2) is 0 Å². The van der Waals surface area contributed by atoms with Gasteiger partial charge in [-0.2, -0.15) is 0 Å². The zero-order chi connectivity index (χ0) is 10.6. The highest BCUT2D eigenvalue weighted by Crippen LogP contribution is 2.19. The first kappa shape index (κ1) is 10.8. The highest BCUT2D eigenvalue weighted by atomic mass is 16.5. The average Bonchev–Trinajstić information content (AvgIpc) is 2.19. The molecule has 1 heteroatoms. The van der Waals surface area contributed by atoms with Crippen molar-refractivity contribution in [1.29, 1.82) is 0 Å². The van der Waals surface area contributed by atoms with Crippen molar-refractivity contribution < 1.29 is 4.74 Å². The SMILES string of the molecule is C=C(CC)COc1cc(C)ccc1C. The van der Waals surface area contributed by atoms with Crippen molar-refractivity contribution in [1.82, 2.24) is 0 Å². The van der Waals surface area contributed by atoms with E-state index < -0.39 is 0 Å². The van der Waals surface area contributed by atoms with Gasteiger partial charge in [-0.25, -0.2) is 0 Å². The van der Waals surface area contributed by atoms with Crippen LogP contribution in [0, 0.1) is 13.8 Å². The van der Waals surface area contributed by atoms with Crippen LogP contribution in [0.25, 0.3) is 0 Å². The molecule has 1 nitrogen and oxygen atoms in total. The van der Waals surface area contributed by atoms with Crippen molar-refractivity contribution >= 4 is 0 Å². The van der Waals surface area contributed by atoms with Crippen LogP contribution in [0.2, 0.25) is 0 Å². The maximum atomic E-state index is 5.67. The zero-order valence-corrected chi connectivity index (χ0v) is 9.26. The molecule has 14 heavy (non-hydrogen) atoms. The first-order chi connectivity index (χ1) is 6.63. The van der Waals surface area contributed by atoms with Crippen LogP contribution in [-0.4, -0.2) is 6.61 Å². The smallest absolute Gasteiger partial charge is 0.122 e. The molecular weight excluding hydrogens is 172 g/mol. The lowest BCUT2D eigenvalue weighted by molar-refractivity contribution is 0.346. The van der Waals surface area contributed by atoms with E-state index >= 15 is 0 Å². The van der Waals surface area contributed by atoms with Crippen molar-refractivity contribution in [3.63, 3.8) is 0 Å². The van der Waals surface area contributed by atoms with Crippen LogP contribution in [0.1, 0.15) is 24.5 Å². The molecule has 0 unspecified atom stereocenters. The standard InChI is InChI=1S/C13H18O/c1-5-10(2)9-14-13-8-11(3)6-7-12(13)4/h6-8H,2,5,9H2,1,3-4H3. The van der Waals surface area contributed by atoms with E-state index in [1.54, 1.807) is 0 Å². The summed E-state index contributed by atoms with van der Waals surface area (Å²) in [7, 11) is 0. The van der Waals surface area contributed by atoms with Gasteiger partial charge in [-0.3, -0.25) is 0 Å². The second-order valence-electron chi connectivity index (χ2n) is 3.66. The molecule has 76 valence electrons. The lowest BCUT2D eigenvalue weighted by atomic mass is 10.1. The molecule has 0 fully saturated rings. The topological polar surface area (TPSA) is 9.23 Å². The van der Waals surface area contributed by atoms with E-state index in [4.69, 9.17) is 4.74 Å². The monoisotopic (exact) mass is 190 g/mol. The van der Waals surface area contributed by atoms with Gasteiger partial charge >= 0.3 is 0 Å². The first-order valence-electron chi connectivity index (χ1n) is 5.00. The summed E-state index contributed by atoms with van der Waals surface area (Å²) in [6.45, 7) is 10.8. The molecule has 0 N–H and O–H groups in total. The molecule has 1 aromatic carbocycles. The van der Waals surface area contributed by atoms with E-state index in [-0.39, 0.29) is 0 Å². The van der Waals surface area contributed by atoms with Gasteiger partial charge in [-0.15, -0.1) is 0 Å². The molecule has 1 rings (SSSR count). The Morgan fingerprint density at radius 1 is 1.36 bits per heavy atom. The van der Waals surface area contributed by atoms with E-state index in [9.17, 15) is 0 Å². The Labute approximate surface area is 86.4 Å².